The van der Waals surface area contributed by atoms with E-state index in [1.54, 1.807) is 0 Å². The number of benzene rings is 3. The summed E-state index contributed by atoms with van der Waals surface area (Å²) in [6, 6.07) is 13.6. The minimum absolute atomic E-state index is 0.0442. The number of Topliss-reactive ketones (excluding diaryl/α,β-unsaturated/α-hetero) is 1. The van der Waals surface area contributed by atoms with Crippen molar-refractivity contribution in [1.82, 2.24) is 4.90 Å². The molecular weight excluding hydrogens is 545 g/mol. The van der Waals surface area contributed by atoms with Gasteiger partial charge in [0, 0.05) is 29.0 Å². The van der Waals surface area contributed by atoms with Crippen molar-refractivity contribution in [2.24, 2.45) is 0 Å². The van der Waals surface area contributed by atoms with Gasteiger partial charge >= 0.3 is 18.2 Å². The highest BCUT2D eigenvalue weighted by Gasteiger charge is 2.43. The van der Waals surface area contributed by atoms with Gasteiger partial charge in [0.25, 0.3) is 5.69 Å². The van der Waals surface area contributed by atoms with E-state index in [0.29, 0.717) is 6.07 Å². The van der Waals surface area contributed by atoms with E-state index in [2.05, 4.69) is 0 Å². The fourth-order valence-electron chi connectivity index (χ4n) is 4.55. The number of ketones is 1. The second-order valence-corrected chi connectivity index (χ2v) is 8.96. The maximum absolute atomic E-state index is 14.0. The fourth-order valence-corrected chi connectivity index (χ4v) is 4.55. The van der Waals surface area contributed by atoms with Crippen molar-refractivity contribution in [1.29, 1.82) is 5.26 Å². The SMILES string of the molecule is CC1=C(C(=O)c2ccc([N+](=O)[O-])cc2)C(c2ccc(C#N)cc2)N(CC(=O)O)C(=O)N1c1cccc(C(F)(F)F)c1. The highest BCUT2D eigenvalue weighted by atomic mass is 19.4. The Bertz CT molecular complexity index is 1630. The fraction of sp³-hybridized carbons (Fsp3) is 0.143. The summed E-state index contributed by atoms with van der Waals surface area (Å²) in [5.41, 5.74) is -1.40. The van der Waals surface area contributed by atoms with Crippen LogP contribution in [0.2, 0.25) is 0 Å². The van der Waals surface area contributed by atoms with Crippen LogP contribution in [0.3, 0.4) is 0 Å². The van der Waals surface area contributed by atoms with Gasteiger partial charge in [-0.1, -0.05) is 18.2 Å². The number of carboxylic acids is 1. The molecule has 0 spiro atoms. The molecule has 0 radical (unpaired) electrons. The first kappa shape index (κ1) is 28.5. The van der Waals surface area contributed by atoms with Crippen LogP contribution >= 0.6 is 0 Å². The summed E-state index contributed by atoms with van der Waals surface area (Å²) in [6.07, 6.45) is -4.75. The van der Waals surface area contributed by atoms with Crippen LogP contribution in [0.4, 0.5) is 29.3 Å². The van der Waals surface area contributed by atoms with Crippen LogP contribution in [0.15, 0.2) is 84.1 Å². The number of anilines is 1. The lowest BCUT2D eigenvalue weighted by atomic mass is 9.87. The van der Waals surface area contributed by atoms with Gasteiger partial charge in [-0.2, -0.15) is 18.4 Å². The molecule has 1 unspecified atom stereocenters. The Morgan fingerprint density at radius 2 is 1.71 bits per heavy atom. The number of carbonyl (C=O) groups is 3. The molecule has 208 valence electrons. The summed E-state index contributed by atoms with van der Waals surface area (Å²) in [6.45, 7) is 0.412. The summed E-state index contributed by atoms with van der Waals surface area (Å²) >= 11 is 0. The van der Waals surface area contributed by atoms with E-state index in [1.165, 1.54) is 49.4 Å². The quantitative estimate of drug-likeness (QED) is 0.220. The zero-order chi connectivity index (χ0) is 30.1. The van der Waals surface area contributed by atoms with E-state index in [0.717, 1.165) is 34.1 Å². The van der Waals surface area contributed by atoms with Gasteiger partial charge < -0.3 is 10.0 Å². The summed E-state index contributed by atoms with van der Waals surface area (Å²) < 4.78 is 40.5. The molecule has 1 N–H and O–H groups in total. The van der Waals surface area contributed by atoms with Crippen molar-refractivity contribution in [3.63, 3.8) is 0 Å². The van der Waals surface area contributed by atoms with Gasteiger partial charge in [0.1, 0.15) is 6.54 Å². The van der Waals surface area contributed by atoms with Gasteiger partial charge in [0.15, 0.2) is 5.78 Å². The van der Waals surface area contributed by atoms with E-state index in [4.69, 9.17) is 0 Å². The van der Waals surface area contributed by atoms with Crippen molar-refractivity contribution >= 4 is 29.2 Å². The topological polar surface area (TPSA) is 145 Å². The lowest BCUT2D eigenvalue weighted by Gasteiger charge is -2.42. The largest absolute Gasteiger partial charge is 0.480 e. The lowest BCUT2D eigenvalue weighted by Crippen LogP contribution is -2.52. The molecule has 4 rings (SSSR count). The first-order valence-electron chi connectivity index (χ1n) is 11.8. The minimum Gasteiger partial charge on any atom is -0.480 e. The number of halogens is 3. The minimum atomic E-state index is -4.75. The first-order valence-corrected chi connectivity index (χ1v) is 11.8. The normalized spacial score (nSPS) is 15.5. The van der Waals surface area contributed by atoms with Crippen molar-refractivity contribution in [2.75, 3.05) is 11.4 Å². The number of nitrogens with zero attached hydrogens (tertiary/aromatic N) is 4. The van der Waals surface area contributed by atoms with Gasteiger partial charge in [-0.3, -0.25) is 24.6 Å². The molecule has 0 aromatic heterocycles. The van der Waals surface area contributed by atoms with E-state index in [-0.39, 0.29) is 39.3 Å². The van der Waals surface area contributed by atoms with Crippen LogP contribution in [-0.4, -0.2) is 39.3 Å². The molecule has 0 bridgehead atoms. The second kappa shape index (κ2) is 10.9. The van der Waals surface area contributed by atoms with Crippen molar-refractivity contribution in [2.45, 2.75) is 19.1 Å². The number of nitro benzene ring substituents is 1. The van der Waals surface area contributed by atoms with Crippen LogP contribution in [0.5, 0.6) is 0 Å². The van der Waals surface area contributed by atoms with E-state index in [1.807, 2.05) is 6.07 Å². The molecule has 2 amide bonds. The van der Waals surface area contributed by atoms with Crippen molar-refractivity contribution in [3.05, 3.63) is 116 Å². The average molecular weight is 564 g/mol. The van der Waals surface area contributed by atoms with E-state index in [9.17, 15) is 48.0 Å². The van der Waals surface area contributed by atoms with Crippen LogP contribution in [0.25, 0.3) is 0 Å². The first-order chi connectivity index (χ1) is 19.3. The number of carbonyl (C=O) groups excluding carboxylic acids is 2. The molecule has 13 heteroatoms. The Kier molecular flexibility index (Phi) is 7.60. The molecule has 1 atom stereocenters. The number of non-ortho nitro benzene ring substituents is 1. The third kappa shape index (κ3) is 5.62. The van der Waals surface area contributed by atoms with Crippen LogP contribution < -0.4 is 4.90 Å². The second-order valence-electron chi connectivity index (χ2n) is 8.96. The number of nitro groups is 1. The number of amides is 2. The van der Waals surface area contributed by atoms with Gasteiger partial charge in [0.2, 0.25) is 0 Å². The number of rotatable bonds is 7. The Morgan fingerprint density at radius 1 is 1.07 bits per heavy atom. The predicted molar refractivity (Wildman–Crippen MR) is 138 cm³/mol. The summed E-state index contributed by atoms with van der Waals surface area (Å²) in [7, 11) is 0. The molecule has 3 aromatic carbocycles. The molecule has 1 aliphatic heterocycles. The maximum Gasteiger partial charge on any atom is 0.416 e. The van der Waals surface area contributed by atoms with E-state index >= 15 is 0 Å². The van der Waals surface area contributed by atoms with Gasteiger partial charge in [0.05, 0.1) is 33.8 Å². The van der Waals surface area contributed by atoms with Crippen LogP contribution in [0, 0.1) is 21.4 Å². The Balaban J connectivity index is 1.99. The number of hydrogen-bond donors (Lipinski definition) is 1. The molecule has 41 heavy (non-hydrogen) atoms. The highest BCUT2D eigenvalue weighted by Crippen LogP contribution is 2.42. The summed E-state index contributed by atoms with van der Waals surface area (Å²) in [4.78, 5) is 51.7. The Labute approximate surface area is 230 Å². The van der Waals surface area contributed by atoms with Gasteiger partial charge in [-0.05, 0) is 55.0 Å². The standard InChI is InChI=1S/C28H19F3N4O6/c1-16-24(26(38)19-9-11-21(12-10-19)35(40)41)25(18-7-5-17(14-32)6-8-18)33(15-23(36)37)27(39)34(16)22-4-2-3-20(13-22)28(29,30)31/h2-13,25H,15H2,1H3,(H,36,37). The van der Waals surface area contributed by atoms with Gasteiger partial charge in [-0.25, -0.2) is 4.79 Å². The molecule has 10 nitrogen and oxygen atoms in total. The Morgan fingerprint density at radius 3 is 2.24 bits per heavy atom. The molecule has 0 saturated heterocycles. The molecule has 1 heterocycles. The zero-order valence-electron chi connectivity index (χ0n) is 21.1. The molecular formula is C28H19F3N4O6. The number of alkyl halides is 3. The third-order valence-electron chi connectivity index (χ3n) is 6.43. The smallest absolute Gasteiger partial charge is 0.416 e. The number of allylic oxidation sites excluding steroid dienone is 1. The highest BCUT2D eigenvalue weighted by molar-refractivity contribution is 6.13. The molecule has 0 saturated carbocycles. The summed E-state index contributed by atoms with van der Waals surface area (Å²) in [5, 5.41) is 30.0. The molecule has 0 fully saturated rings. The number of aliphatic carboxylic acids is 1. The van der Waals surface area contributed by atoms with Crippen LogP contribution in [0.1, 0.15) is 40.0 Å². The maximum atomic E-state index is 14.0. The number of nitriles is 1. The number of urea groups is 1. The predicted octanol–water partition coefficient (Wildman–Crippen LogP) is 5.71. The molecule has 1 aliphatic rings. The van der Waals surface area contributed by atoms with E-state index < -0.39 is 47.0 Å². The monoisotopic (exact) mass is 564 g/mol. The molecule has 0 aliphatic carbocycles. The summed E-state index contributed by atoms with van der Waals surface area (Å²) in [5.74, 6) is -2.20. The van der Waals surface area contributed by atoms with Crippen molar-refractivity contribution in [3.8, 4) is 6.07 Å². The number of hydrogen-bond acceptors (Lipinski definition) is 6. The zero-order valence-corrected chi connectivity index (χ0v) is 21.1. The third-order valence-corrected chi connectivity index (χ3v) is 6.43. The van der Waals surface area contributed by atoms with Crippen LogP contribution in [-0.2, 0) is 11.0 Å². The van der Waals surface area contributed by atoms with Gasteiger partial charge in [-0.15, -0.1) is 0 Å². The average Bonchev–Trinajstić information content (AvgIpc) is 2.93. The number of carboxylic acid groups (broad SMARTS) is 1. The van der Waals surface area contributed by atoms with Crippen molar-refractivity contribution < 1.29 is 37.6 Å². The Hall–Kier alpha value is -5.51. The molecule has 3 aromatic rings. The lowest BCUT2D eigenvalue weighted by molar-refractivity contribution is -0.384.